The minimum atomic E-state index is -2.51. The van der Waals surface area contributed by atoms with Crippen LogP contribution in [0.15, 0.2) is 30.4 Å². The molecule has 6 N–H and O–H groups in total. The number of aromatic hydroxyl groups is 2. The van der Waals surface area contributed by atoms with Crippen molar-refractivity contribution in [3.63, 3.8) is 0 Å². The first-order valence-corrected chi connectivity index (χ1v) is 12.6. The molecular formula is C30H23NO11. The molecule has 1 fully saturated rings. The van der Waals surface area contributed by atoms with Gasteiger partial charge in [-0.05, 0) is 37.3 Å². The van der Waals surface area contributed by atoms with Gasteiger partial charge in [0.05, 0.1) is 36.6 Å². The number of ketones is 2. The number of aliphatic hydroxyl groups is 3. The summed E-state index contributed by atoms with van der Waals surface area (Å²) in [7, 11) is 2.27. The van der Waals surface area contributed by atoms with E-state index in [1.54, 1.807) is 0 Å². The quantitative estimate of drug-likeness (QED) is 0.105. The van der Waals surface area contributed by atoms with Gasteiger partial charge in [-0.25, -0.2) is 4.79 Å². The zero-order valence-electron chi connectivity index (χ0n) is 22.3. The lowest BCUT2D eigenvalue weighted by molar-refractivity contribution is -0.174. The smallest absolute Gasteiger partial charge is 0.337 e. The number of carbonyl (C=O) groups excluding carboxylic acids is 3. The molecule has 0 spiro atoms. The van der Waals surface area contributed by atoms with Gasteiger partial charge in [-0.1, -0.05) is 23.7 Å². The molecule has 4 aliphatic rings. The van der Waals surface area contributed by atoms with E-state index in [2.05, 4.69) is 33.7 Å². The van der Waals surface area contributed by atoms with E-state index in [4.69, 9.17) is 9.47 Å². The molecule has 12 heteroatoms. The second-order valence-electron chi connectivity index (χ2n) is 10.3. The highest BCUT2D eigenvalue weighted by atomic mass is 16.7. The Morgan fingerprint density at radius 2 is 1.79 bits per heavy atom. The van der Waals surface area contributed by atoms with E-state index in [-0.39, 0.29) is 39.3 Å². The Morgan fingerprint density at radius 3 is 2.45 bits per heavy atom. The van der Waals surface area contributed by atoms with Crippen LogP contribution in [0.4, 0.5) is 5.69 Å². The number of epoxide rings is 1. The Morgan fingerprint density at radius 1 is 1.10 bits per heavy atom. The van der Waals surface area contributed by atoms with Crippen molar-refractivity contribution >= 4 is 23.2 Å². The second kappa shape index (κ2) is 8.82. The SMILES string of the molecule is COC(=O)[C@@H](O)C(C)(O)[C@@]12O[C@@]13c1cc(O)c4c(c1N[C@H]2C#C/C=C\C#C[C@H]3O)C(=O)c1c(ccc(OC)c1O)C4=O. The van der Waals surface area contributed by atoms with Gasteiger partial charge in [-0.3, -0.25) is 9.59 Å². The Hall–Kier alpha value is -4.85. The molecule has 0 saturated carbocycles. The number of phenols is 2. The molecule has 2 aliphatic carbocycles. The zero-order chi connectivity index (χ0) is 30.4. The molecule has 6 rings (SSSR count). The van der Waals surface area contributed by atoms with E-state index in [9.17, 15) is 39.9 Å². The van der Waals surface area contributed by atoms with Crippen molar-refractivity contribution in [2.45, 2.75) is 42.0 Å². The summed E-state index contributed by atoms with van der Waals surface area (Å²) in [5.41, 5.74) is -8.23. The van der Waals surface area contributed by atoms with E-state index >= 15 is 0 Å². The van der Waals surface area contributed by atoms with Gasteiger partial charge in [0.1, 0.15) is 17.4 Å². The van der Waals surface area contributed by atoms with Crippen molar-refractivity contribution in [2.24, 2.45) is 0 Å². The van der Waals surface area contributed by atoms with Gasteiger partial charge in [0.25, 0.3) is 0 Å². The molecule has 2 aromatic rings. The number of phenolic OH excluding ortho intramolecular Hbond substituents is 2. The van der Waals surface area contributed by atoms with Crippen LogP contribution in [-0.2, 0) is 19.9 Å². The summed E-state index contributed by atoms with van der Waals surface area (Å²) < 4.78 is 15.9. The number of nitrogens with one attached hydrogen (secondary N) is 1. The molecular weight excluding hydrogens is 550 g/mol. The largest absolute Gasteiger partial charge is 0.507 e. The van der Waals surface area contributed by atoms with E-state index < -0.39 is 64.1 Å². The van der Waals surface area contributed by atoms with Crippen LogP contribution in [0.2, 0.25) is 0 Å². The molecule has 0 amide bonds. The lowest BCUT2D eigenvalue weighted by atomic mass is 9.64. The third kappa shape index (κ3) is 3.09. The third-order valence-corrected chi connectivity index (χ3v) is 8.31. The number of allylic oxidation sites excluding steroid dienone is 2. The summed E-state index contributed by atoms with van der Waals surface area (Å²) in [4.78, 5) is 40.0. The molecule has 2 bridgehead atoms. The molecule has 1 saturated heterocycles. The molecule has 6 atom stereocenters. The molecule has 214 valence electrons. The van der Waals surface area contributed by atoms with Crippen LogP contribution < -0.4 is 10.1 Å². The van der Waals surface area contributed by atoms with Crippen LogP contribution in [0.3, 0.4) is 0 Å². The minimum Gasteiger partial charge on any atom is -0.507 e. The number of methoxy groups -OCH3 is 2. The summed E-state index contributed by atoms with van der Waals surface area (Å²) in [6.45, 7) is 1.09. The fraction of sp³-hybridized carbons (Fsp3) is 0.300. The number of rotatable bonds is 4. The van der Waals surface area contributed by atoms with Crippen LogP contribution >= 0.6 is 0 Å². The number of hydrogen-bond acceptors (Lipinski definition) is 12. The first-order valence-electron chi connectivity index (χ1n) is 12.6. The fourth-order valence-corrected chi connectivity index (χ4v) is 6.29. The molecule has 1 unspecified atom stereocenters. The Labute approximate surface area is 238 Å². The van der Waals surface area contributed by atoms with E-state index in [1.165, 1.54) is 31.4 Å². The van der Waals surface area contributed by atoms with Gasteiger partial charge < -0.3 is 45.1 Å². The van der Waals surface area contributed by atoms with Gasteiger partial charge >= 0.3 is 5.97 Å². The standard InChI is InChI=1S/C30H23NO11/c1-28(39,26(37)27(38)41-3)30-17-8-6-4-5-7-9-18(33)29(30,42-30)14-12-15(32)20-21(22(14)31-17)25(36)19-13(23(20)34)10-11-16(40-2)24(19)35/h4-5,10-12,17-18,26,31-33,35,37,39H,1-3H3/b5-4-/t17-,18+,26+,28?,29+,30+/m0/s1. The summed E-state index contributed by atoms with van der Waals surface area (Å²) in [6.07, 6.45) is -1.27. The Kier molecular flexibility index (Phi) is 5.74. The number of aliphatic hydroxyl groups excluding tert-OH is 2. The number of fused-ring (bicyclic) bond motifs is 4. The first-order chi connectivity index (χ1) is 19.9. The number of esters is 1. The predicted molar refractivity (Wildman–Crippen MR) is 142 cm³/mol. The number of hydrogen-bond donors (Lipinski definition) is 6. The minimum absolute atomic E-state index is 0.0717. The number of anilines is 1. The summed E-state index contributed by atoms with van der Waals surface area (Å²) in [6, 6.07) is 2.33. The zero-order valence-corrected chi connectivity index (χ0v) is 22.3. The van der Waals surface area contributed by atoms with Gasteiger partial charge in [0, 0.05) is 11.1 Å². The first kappa shape index (κ1) is 27.3. The lowest BCUT2D eigenvalue weighted by Gasteiger charge is -2.43. The van der Waals surface area contributed by atoms with Crippen molar-refractivity contribution in [3.05, 3.63) is 58.2 Å². The molecule has 2 heterocycles. The fourth-order valence-electron chi connectivity index (χ4n) is 6.29. The van der Waals surface area contributed by atoms with E-state index in [0.29, 0.717) is 0 Å². The summed E-state index contributed by atoms with van der Waals surface area (Å²) in [5.74, 6) is 6.52. The highest BCUT2D eigenvalue weighted by Gasteiger charge is 2.87. The van der Waals surface area contributed by atoms with Gasteiger partial charge in [0.2, 0.25) is 5.78 Å². The van der Waals surface area contributed by atoms with Crippen LogP contribution in [-0.4, -0.2) is 86.7 Å². The topological polar surface area (TPSA) is 195 Å². The van der Waals surface area contributed by atoms with Crippen molar-refractivity contribution in [1.82, 2.24) is 0 Å². The van der Waals surface area contributed by atoms with Crippen molar-refractivity contribution in [3.8, 4) is 40.9 Å². The van der Waals surface area contributed by atoms with Gasteiger partial charge in [0.15, 0.2) is 40.7 Å². The molecule has 0 radical (unpaired) electrons. The van der Waals surface area contributed by atoms with Crippen LogP contribution in [0.5, 0.6) is 17.2 Å². The summed E-state index contributed by atoms with van der Waals surface area (Å²) >= 11 is 0. The van der Waals surface area contributed by atoms with Crippen LogP contribution in [0.1, 0.15) is 44.3 Å². The molecule has 2 aliphatic heterocycles. The van der Waals surface area contributed by atoms with Crippen LogP contribution in [0, 0.1) is 23.7 Å². The van der Waals surface area contributed by atoms with Crippen molar-refractivity contribution in [2.75, 3.05) is 19.5 Å². The number of ether oxygens (including phenoxy) is 3. The van der Waals surface area contributed by atoms with E-state index in [1.807, 2.05) is 0 Å². The van der Waals surface area contributed by atoms with Gasteiger partial charge in [-0.15, -0.1) is 0 Å². The number of carbonyl (C=O) groups is 3. The highest BCUT2D eigenvalue weighted by Crippen LogP contribution is 2.70. The monoisotopic (exact) mass is 573 g/mol. The maximum atomic E-state index is 14.0. The number of benzene rings is 2. The van der Waals surface area contributed by atoms with Crippen molar-refractivity contribution in [1.29, 1.82) is 0 Å². The normalized spacial score (nSPS) is 28.7. The predicted octanol–water partition coefficient (Wildman–Crippen LogP) is -0.137. The van der Waals surface area contributed by atoms with E-state index in [0.717, 1.165) is 20.1 Å². The van der Waals surface area contributed by atoms with Gasteiger partial charge in [-0.2, -0.15) is 0 Å². The van der Waals surface area contributed by atoms with Crippen molar-refractivity contribution < 1.29 is 54.1 Å². The van der Waals surface area contributed by atoms with Crippen LogP contribution in [0.25, 0.3) is 0 Å². The average Bonchev–Trinajstić information content (AvgIpc) is 3.70. The summed E-state index contributed by atoms with van der Waals surface area (Å²) in [5, 5.41) is 59.1. The second-order valence-corrected chi connectivity index (χ2v) is 10.3. The lowest BCUT2D eigenvalue weighted by Crippen LogP contribution is -2.66. The third-order valence-electron chi connectivity index (χ3n) is 8.31. The highest BCUT2D eigenvalue weighted by molar-refractivity contribution is 6.32. The molecule has 12 nitrogen and oxygen atoms in total. The molecule has 42 heavy (non-hydrogen) atoms. The average molecular weight is 574 g/mol. The maximum Gasteiger partial charge on any atom is 0.337 e. The molecule has 0 aromatic heterocycles. The molecule has 2 aromatic carbocycles. The Balaban J connectivity index is 1.67. The maximum absolute atomic E-state index is 14.0. The Bertz CT molecular complexity index is 1790.